The first-order chi connectivity index (χ1) is 6.83. The van der Waals surface area contributed by atoms with Crippen LogP contribution in [0.3, 0.4) is 0 Å². The minimum Gasteiger partial charge on any atom is -0.204 e. The highest BCUT2D eigenvalue weighted by atomic mass is 19.1. The zero-order valence-corrected chi connectivity index (χ0v) is 9.56. The fourth-order valence-electron chi connectivity index (χ4n) is 1.32. The van der Waals surface area contributed by atoms with Crippen molar-refractivity contribution in [3.63, 3.8) is 0 Å². The van der Waals surface area contributed by atoms with Crippen molar-refractivity contribution in [2.75, 3.05) is 0 Å². The third kappa shape index (κ3) is 3.22. The molecule has 0 aliphatic heterocycles. The van der Waals surface area contributed by atoms with E-state index in [0.29, 0.717) is 6.42 Å². The van der Waals surface area contributed by atoms with Gasteiger partial charge in [0, 0.05) is 6.42 Å². The van der Waals surface area contributed by atoms with Crippen molar-refractivity contribution in [3.05, 3.63) is 23.3 Å². The Morgan fingerprint density at radius 3 is 1.87 bits per heavy atom. The van der Waals surface area contributed by atoms with Crippen molar-refractivity contribution in [3.8, 4) is 0 Å². The zero-order valence-electron chi connectivity index (χ0n) is 9.56. The summed E-state index contributed by atoms with van der Waals surface area (Å²) in [5, 5.41) is 0. The summed E-state index contributed by atoms with van der Waals surface area (Å²) < 4.78 is 26.6. The minimum absolute atomic E-state index is 0.0346. The molecule has 0 unspecified atom stereocenters. The van der Waals surface area contributed by atoms with Crippen molar-refractivity contribution >= 4 is 0 Å². The van der Waals surface area contributed by atoms with Crippen LogP contribution in [0.2, 0.25) is 0 Å². The summed E-state index contributed by atoms with van der Waals surface area (Å²) in [4.78, 5) is 7.34. The molecule has 1 aromatic heterocycles. The molecule has 1 rings (SSSR count). The van der Waals surface area contributed by atoms with E-state index in [9.17, 15) is 8.78 Å². The lowest BCUT2D eigenvalue weighted by Gasteiger charge is -2.16. The Balaban J connectivity index is 3.04. The second kappa shape index (κ2) is 4.21. The number of halogens is 2. The van der Waals surface area contributed by atoms with Crippen molar-refractivity contribution in [2.24, 2.45) is 5.41 Å². The Morgan fingerprint density at radius 2 is 1.53 bits per heavy atom. The zero-order chi connectivity index (χ0) is 11.6. The summed E-state index contributed by atoms with van der Waals surface area (Å²) in [5.41, 5.74) is -0.111. The fourth-order valence-corrected chi connectivity index (χ4v) is 1.32. The Morgan fingerprint density at radius 1 is 1.07 bits per heavy atom. The SMILES string of the molecule is CCc1c(F)nc(CC(C)(C)C)nc1F. The van der Waals surface area contributed by atoms with Gasteiger partial charge in [-0.1, -0.05) is 27.7 Å². The molecule has 0 N–H and O–H groups in total. The first kappa shape index (κ1) is 12.0. The topological polar surface area (TPSA) is 25.8 Å². The Kier molecular flexibility index (Phi) is 3.37. The standard InChI is InChI=1S/C11H16F2N2/c1-5-7-9(12)14-8(15-10(7)13)6-11(2,3)4/h5-6H2,1-4H3. The number of nitrogens with zero attached hydrogens (tertiary/aromatic N) is 2. The molecule has 4 heteroatoms. The van der Waals surface area contributed by atoms with Crippen LogP contribution in [0.4, 0.5) is 8.78 Å². The lowest BCUT2D eigenvalue weighted by atomic mass is 9.92. The van der Waals surface area contributed by atoms with Gasteiger partial charge in [0.15, 0.2) is 0 Å². The monoisotopic (exact) mass is 214 g/mol. The van der Waals surface area contributed by atoms with Gasteiger partial charge in [-0.2, -0.15) is 8.78 Å². The van der Waals surface area contributed by atoms with Gasteiger partial charge >= 0.3 is 0 Å². The largest absolute Gasteiger partial charge is 0.222 e. The normalized spacial score (nSPS) is 11.9. The summed E-state index contributed by atoms with van der Waals surface area (Å²) in [6.07, 6.45) is 0.734. The smallest absolute Gasteiger partial charge is 0.204 e. The van der Waals surface area contributed by atoms with Gasteiger partial charge in [0.1, 0.15) is 5.82 Å². The van der Waals surface area contributed by atoms with Gasteiger partial charge in [0.05, 0.1) is 5.56 Å². The van der Waals surface area contributed by atoms with Crippen LogP contribution in [-0.4, -0.2) is 9.97 Å². The molecule has 0 saturated heterocycles. The Bertz CT molecular complexity index is 333. The van der Waals surface area contributed by atoms with E-state index in [1.54, 1.807) is 6.92 Å². The van der Waals surface area contributed by atoms with Crippen LogP contribution in [0.1, 0.15) is 39.1 Å². The van der Waals surface area contributed by atoms with Crippen LogP contribution < -0.4 is 0 Å². The van der Waals surface area contributed by atoms with Crippen LogP contribution in [0.15, 0.2) is 0 Å². The molecule has 1 heterocycles. The lowest BCUT2D eigenvalue weighted by Crippen LogP contribution is -2.15. The van der Waals surface area contributed by atoms with Gasteiger partial charge < -0.3 is 0 Å². The summed E-state index contributed by atoms with van der Waals surface area (Å²) in [7, 11) is 0. The van der Waals surface area contributed by atoms with Gasteiger partial charge in [-0.3, -0.25) is 0 Å². The Hall–Kier alpha value is -1.06. The van der Waals surface area contributed by atoms with Crippen molar-refractivity contribution in [1.29, 1.82) is 0 Å². The van der Waals surface area contributed by atoms with E-state index in [4.69, 9.17) is 0 Å². The van der Waals surface area contributed by atoms with Crippen molar-refractivity contribution in [1.82, 2.24) is 9.97 Å². The van der Waals surface area contributed by atoms with Crippen molar-refractivity contribution in [2.45, 2.75) is 40.5 Å². The molecule has 0 aliphatic carbocycles. The van der Waals surface area contributed by atoms with Crippen LogP contribution in [0.5, 0.6) is 0 Å². The van der Waals surface area contributed by atoms with Gasteiger partial charge in [-0.15, -0.1) is 0 Å². The fraction of sp³-hybridized carbons (Fsp3) is 0.636. The first-order valence-electron chi connectivity index (χ1n) is 5.04. The van der Waals surface area contributed by atoms with E-state index < -0.39 is 11.9 Å². The van der Waals surface area contributed by atoms with Gasteiger partial charge in [-0.05, 0) is 11.8 Å². The highest BCUT2D eigenvalue weighted by molar-refractivity contribution is 5.10. The average Bonchev–Trinajstić information content (AvgIpc) is 1.99. The van der Waals surface area contributed by atoms with Gasteiger partial charge in [0.2, 0.25) is 11.9 Å². The highest BCUT2D eigenvalue weighted by Gasteiger charge is 2.17. The summed E-state index contributed by atoms with van der Waals surface area (Å²) in [6.45, 7) is 7.59. The van der Waals surface area contributed by atoms with Crippen LogP contribution in [0.25, 0.3) is 0 Å². The molecule has 0 radical (unpaired) electrons. The molecule has 0 bridgehead atoms. The Labute approximate surface area is 88.8 Å². The molecular weight excluding hydrogens is 198 g/mol. The van der Waals surface area contributed by atoms with Crippen molar-refractivity contribution < 1.29 is 8.78 Å². The van der Waals surface area contributed by atoms with E-state index in [-0.39, 0.29) is 23.2 Å². The number of rotatable bonds is 2. The molecule has 0 atom stereocenters. The predicted octanol–water partition coefficient (Wildman–Crippen LogP) is 2.91. The van der Waals surface area contributed by atoms with E-state index in [1.165, 1.54) is 0 Å². The molecule has 2 nitrogen and oxygen atoms in total. The summed E-state index contributed by atoms with van der Waals surface area (Å²) in [6, 6.07) is 0. The van der Waals surface area contributed by atoms with E-state index in [1.807, 2.05) is 20.8 Å². The molecule has 0 spiro atoms. The molecule has 0 aromatic carbocycles. The number of hydrogen-bond acceptors (Lipinski definition) is 2. The highest BCUT2D eigenvalue weighted by Crippen LogP contribution is 2.19. The molecule has 15 heavy (non-hydrogen) atoms. The quantitative estimate of drug-likeness (QED) is 0.707. The maximum atomic E-state index is 13.3. The number of aromatic nitrogens is 2. The molecule has 0 fully saturated rings. The van der Waals surface area contributed by atoms with Crippen LogP contribution in [-0.2, 0) is 12.8 Å². The second-order valence-electron chi connectivity index (χ2n) is 4.79. The van der Waals surface area contributed by atoms with Crippen LogP contribution in [0, 0.1) is 17.3 Å². The average molecular weight is 214 g/mol. The maximum Gasteiger partial charge on any atom is 0.222 e. The second-order valence-corrected chi connectivity index (χ2v) is 4.79. The van der Waals surface area contributed by atoms with Gasteiger partial charge in [-0.25, -0.2) is 9.97 Å². The van der Waals surface area contributed by atoms with E-state index in [0.717, 1.165) is 0 Å². The number of hydrogen-bond donors (Lipinski definition) is 0. The molecule has 0 aliphatic rings. The van der Waals surface area contributed by atoms with E-state index in [2.05, 4.69) is 9.97 Å². The lowest BCUT2D eigenvalue weighted by molar-refractivity contribution is 0.387. The third-order valence-corrected chi connectivity index (χ3v) is 1.99. The minimum atomic E-state index is -0.732. The summed E-state index contributed by atoms with van der Waals surface area (Å²) >= 11 is 0. The molecule has 84 valence electrons. The molecule has 0 amide bonds. The third-order valence-electron chi connectivity index (χ3n) is 1.99. The molecule has 0 saturated carbocycles. The van der Waals surface area contributed by atoms with E-state index >= 15 is 0 Å². The predicted molar refractivity (Wildman–Crippen MR) is 54.5 cm³/mol. The van der Waals surface area contributed by atoms with Crippen LogP contribution >= 0.6 is 0 Å². The summed E-state index contributed by atoms with van der Waals surface area (Å²) in [5.74, 6) is -1.23. The molecule has 1 aromatic rings. The van der Waals surface area contributed by atoms with Gasteiger partial charge in [0.25, 0.3) is 0 Å². The first-order valence-corrected chi connectivity index (χ1v) is 5.04. The molecular formula is C11H16F2N2. The maximum absolute atomic E-state index is 13.3.